The monoisotopic (exact) mass is 426 g/mol. The smallest absolute Gasteiger partial charge is 0.0642 e. The lowest BCUT2D eigenvalue weighted by Crippen LogP contribution is -2.37. The fourth-order valence-corrected chi connectivity index (χ4v) is 6.61. The highest BCUT2D eigenvalue weighted by Gasteiger charge is 2.50. The molecule has 3 heteroatoms. The summed E-state index contributed by atoms with van der Waals surface area (Å²) in [5, 5.41) is 20.5. The summed E-state index contributed by atoms with van der Waals surface area (Å²) in [5.41, 5.74) is 2.78. The summed E-state index contributed by atoms with van der Waals surface area (Å²) in [6.45, 7) is 11.0. The van der Waals surface area contributed by atoms with E-state index in [1.54, 1.807) is 5.57 Å². The van der Waals surface area contributed by atoms with E-state index >= 15 is 0 Å². The zero-order valence-electron chi connectivity index (χ0n) is 17.0. The van der Waals surface area contributed by atoms with Gasteiger partial charge in [-0.25, -0.2) is 0 Å². The molecule has 0 radical (unpaired) electrons. The van der Waals surface area contributed by atoms with Gasteiger partial charge >= 0.3 is 0 Å². The third-order valence-corrected chi connectivity index (χ3v) is 8.13. The Bertz CT molecular complexity index is 500. The van der Waals surface area contributed by atoms with Crippen molar-refractivity contribution in [3.63, 3.8) is 0 Å². The molecule has 0 heterocycles. The Hall–Kier alpha value is -0.120. The van der Waals surface area contributed by atoms with E-state index in [-0.39, 0.29) is 18.6 Å². The Labute approximate surface area is 169 Å². The van der Waals surface area contributed by atoms with E-state index in [1.165, 1.54) is 32.1 Å². The summed E-state index contributed by atoms with van der Waals surface area (Å²) in [4.78, 5) is 2.18. The van der Waals surface area contributed by atoms with Crippen LogP contribution in [-0.4, -0.2) is 22.9 Å². The number of hydrogen-bond donors (Lipinski definition) is 2. The van der Waals surface area contributed by atoms with Gasteiger partial charge in [0.2, 0.25) is 0 Å². The molecule has 2 nitrogen and oxygen atoms in total. The third kappa shape index (κ3) is 4.64. The van der Waals surface area contributed by atoms with E-state index in [0.717, 1.165) is 31.3 Å². The maximum absolute atomic E-state index is 11.0. The molecule has 6 atom stereocenters. The molecule has 2 fully saturated rings. The zero-order valence-corrected chi connectivity index (χ0v) is 18.6. The molecule has 0 aromatic heterocycles. The second-order valence-electron chi connectivity index (χ2n) is 9.13. The molecule has 0 unspecified atom stereocenters. The van der Waals surface area contributed by atoms with Crippen molar-refractivity contribution in [2.75, 3.05) is 6.61 Å². The van der Waals surface area contributed by atoms with Crippen molar-refractivity contribution in [3.05, 3.63) is 22.7 Å². The number of allylic oxidation sites excluding steroid dienone is 1. The molecular formula is C23H39BrO2. The summed E-state index contributed by atoms with van der Waals surface area (Å²) in [7, 11) is 0. The predicted molar refractivity (Wildman–Crippen MR) is 114 cm³/mol. The van der Waals surface area contributed by atoms with Crippen LogP contribution in [0.25, 0.3) is 0 Å². The molecule has 0 aromatic rings. The highest BCUT2D eigenvalue weighted by molar-refractivity contribution is 9.11. The van der Waals surface area contributed by atoms with Crippen LogP contribution in [0.15, 0.2) is 22.7 Å². The first kappa shape index (κ1) is 22.2. The van der Waals surface area contributed by atoms with E-state index in [1.807, 2.05) is 0 Å². The molecule has 26 heavy (non-hydrogen) atoms. The van der Waals surface area contributed by atoms with Crippen molar-refractivity contribution in [2.45, 2.75) is 84.7 Å². The van der Waals surface area contributed by atoms with Gasteiger partial charge in [-0.3, -0.25) is 0 Å². The first-order valence-corrected chi connectivity index (χ1v) is 11.6. The molecule has 0 aromatic carbocycles. The fraction of sp³-hybridized carbons (Fsp3) is 0.826. The zero-order chi connectivity index (χ0) is 19.3. The van der Waals surface area contributed by atoms with Crippen LogP contribution in [0.4, 0.5) is 0 Å². The molecule has 2 aliphatic carbocycles. The minimum absolute atomic E-state index is 0.0115. The Kier molecular flexibility index (Phi) is 8.43. The van der Waals surface area contributed by atoms with E-state index < -0.39 is 0 Å². The average molecular weight is 427 g/mol. The largest absolute Gasteiger partial charge is 0.392 e. The van der Waals surface area contributed by atoms with Gasteiger partial charge in [0.15, 0.2) is 0 Å². The molecule has 0 bridgehead atoms. The number of aliphatic hydroxyl groups excluding tert-OH is 2. The Morgan fingerprint density at radius 1 is 1.42 bits per heavy atom. The molecule has 2 aliphatic rings. The number of aliphatic hydroxyl groups is 2. The van der Waals surface area contributed by atoms with E-state index in [9.17, 15) is 10.2 Å². The van der Waals surface area contributed by atoms with Crippen molar-refractivity contribution in [2.24, 2.45) is 29.1 Å². The molecular weight excluding hydrogens is 388 g/mol. The van der Waals surface area contributed by atoms with Crippen LogP contribution >= 0.6 is 15.9 Å². The molecule has 0 aliphatic heterocycles. The van der Waals surface area contributed by atoms with Crippen LogP contribution < -0.4 is 0 Å². The Morgan fingerprint density at radius 2 is 2.15 bits per heavy atom. The van der Waals surface area contributed by atoms with Crippen LogP contribution in [0.5, 0.6) is 0 Å². The van der Waals surface area contributed by atoms with Crippen molar-refractivity contribution in [1.29, 1.82) is 0 Å². The lowest BCUT2D eigenvalue weighted by molar-refractivity contribution is 0.0430. The quantitative estimate of drug-likeness (QED) is 0.429. The number of hydrogen-bond acceptors (Lipinski definition) is 2. The first-order valence-electron chi connectivity index (χ1n) is 10.6. The summed E-state index contributed by atoms with van der Waals surface area (Å²) in [6, 6.07) is 0. The lowest BCUT2D eigenvalue weighted by Gasteiger charge is -2.44. The maximum Gasteiger partial charge on any atom is 0.0642 e. The van der Waals surface area contributed by atoms with E-state index in [4.69, 9.17) is 0 Å². The molecule has 2 N–H and O–H groups in total. The van der Waals surface area contributed by atoms with Gasteiger partial charge in [0.05, 0.1) is 12.7 Å². The fourth-order valence-electron chi connectivity index (χ4n) is 6.06. The van der Waals surface area contributed by atoms with Crippen LogP contribution in [0.3, 0.4) is 0 Å². The highest BCUT2D eigenvalue weighted by atomic mass is 79.9. The molecule has 2 saturated carbocycles. The molecule has 0 spiro atoms. The van der Waals surface area contributed by atoms with Gasteiger partial charge in [-0.2, -0.15) is 0 Å². The van der Waals surface area contributed by atoms with Gasteiger partial charge in [0, 0.05) is 5.92 Å². The number of unbranched alkanes of at least 4 members (excludes halogenated alkanes) is 1. The second kappa shape index (κ2) is 9.89. The summed E-state index contributed by atoms with van der Waals surface area (Å²) < 4.78 is 0. The number of rotatable bonds is 9. The Morgan fingerprint density at radius 3 is 2.77 bits per heavy atom. The van der Waals surface area contributed by atoms with Gasteiger partial charge in [-0.05, 0) is 78.7 Å². The highest BCUT2D eigenvalue weighted by Crippen LogP contribution is 2.60. The normalized spacial score (nSPS) is 33.7. The standard InChI is InChI=1S/C23H39BrO2/c1-5-6-9-19(17(3)15-25)22(26)13-16(2)20-10-11-21-18(14-24)8-7-12-23(20,21)4/h14,16,19-22,25-26H,3,5-13,15H2,1-2,4H3/b18-14+/t16-,19-,20-,21+,22-,23-/m1/s1. The third-order valence-electron chi connectivity index (χ3n) is 7.54. The SMILES string of the molecule is C=C(CO)[C@@H](CCCC)[C@H](O)C[C@@H](C)[C@H]1CC[C@H]2/C(=C/Br)CCC[C@]12C. The number of halogens is 1. The molecule has 150 valence electrons. The summed E-state index contributed by atoms with van der Waals surface area (Å²) in [5.74, 6) is 1.93. The van der Waals surface area contributed by atoms with E-state index in [0.29, 0.717) is 23.2 Å². The minimum Gasteiger partial charge on any atom is -0.392 e. The van der Waals surface area contributed by atoms with Gasteiger partial charge < -0.3 is 10.2 Å². The van der Waals surface area contributed by atoms with Crippen LogP contribution in [0.2, 0.25) is 0 Å². The summed E-state index contributed by atoms with van der Waals surface area (Å²) >= 11 is 3.60. The van der Waals surface area contributed by atoms with Gasteiger partial charge in [0.25, 0.3) is 0 Å². The van der Waals surface area contributed by atoms with Crippen LogP contribution in [0.1, 0.15) is 78.6 Å². The van der Waals surface area contributed by atoms with Crippen molar-refractivity contribution < 1.29 is 10.2 Å². The van der Waals surface area contributed by atoms with Gasteiger partial charge in [0.1, 0.15) is 0 Å². The summed E-state index contributed by atoms with van der Waals surface area (Å²) in [6.07, 6.45) is 9.99. The van der Waals surface area contributed by atoms with Crippen molar-refractivity contribution in [3.8, 4) is 0 Å². The van der Waals surface area contributed by atoms with Crippen LogP contribution in [-0.2, 0) is 0 Å². The van der Waals surface area contributed by atoms with Crippen molar-refractivity contribution in [1.82, 2.24) is 0 Å². The topological polar surface area (TPSA) is 40.5 Å². The minimum atomic E-state index is -0.381. The second-order valence-corrected chi connectivity index (χ2v) is 9.58. The van der Waals surface area contributed by atoms with Crippen LogP contribution in [0, 0.1) is 29.1 Å². The average Bonchev–Trinajstić information content (AvgIpc) is 2.98. The predicted octanol–water partition coefficient (Wildman–Crippen LogP) is 6.22. The molecule has 0 amide bonds. The molecule has 0 saturated heterocycles. The molecule has 2 rings (SSSR count). The first-order chi connectivity index (χ1) is 12.4. The lowest BCUT2D eigenvalue weighted by atomic mass is 9.61. The van der Waals surface area contributed by atoms with E-state index in [2.05, 4.69) is 48.3 Å². The number of fused-ring (bicyclic) bond motifs is 1. The maximum atomic E-state index is 11.0. The Balaban J connectivity index is 2.06. The van der Waals surface area contributed by atoms with Gasteiger partial charge in [-0.15, -0.1) is 0 Å². The van der Waals surface area contributed by atoms with Crippen molar-refractivity contribution >= 4 is 15.9 Å². The van der Waals surface area contributed by atoms with Gasteiger partial charge in [-0.1, -0.05) is 61.7 Å².